The van der Waals surface area contributed by atoms with Crippen LogP contribution in [0.3, 0.4) is 0 Å². The number of hydrogen-bond acceptors (Lipinski definition) is 5. The summed E-state index contributed by atoms with van der Waals surface area (Å²) < 4.78 is 5.25. The van der Waals surface area contributed by atoms with Gasteiger partial charge in [0.2, 0.25) is 0 Å². The molecule has 5 heteroatoms. The van der Waals surface area contributed by atoms with Gasteiger partial charge in [-0.3, -0.25) is 4.90 Å². The van der Waals surface area contributed by atoms with Gasteiger partial charge in [-0.25, -0.2) is 4.98 Å². The second-order valence-corrected chi connectivity index (χ2v) is 7.84. The molecule has 2 heterocycles. The Labute approximate surface area is 132 Å². The van der Waals surface area contributed by atoms with Crippen molar-refractivity contribution in [1.82, 2.24) is 15.2 Å². The van der Waals surface area contributed by atoms with Gasteiger partial charge in [0.05, 0.1) is 18.8 Å². The maximum atomic E-state index is 5.25. The quantitative estimate of drug-likeness (QED) is 0.840. The zero-order chi connectivity index (χ0) is 15.3. The third-order valence-corrected chi connectivity index (χ3v) is 4.77. The Balaban J connectivity index is 1.94. The summed E-state index contributed by atoms with van der Waals surface area (Å²) in [6.07, 6.45) is 2.59. The van der Waals surface area contributed by atoms with Crippen LogP contribution in [0.1, 0.15) is 44.3 Å². The van der Waals surface area contributed by atoms with Gasteiger partial charge >= 0.3 is 0 Å². The van der Waals surface area contributed by atoms with Crippen LogP contribution in [0.15, 0.2) is 5.38 Å². The second kappa shape index (κ2) is 7.68. The Bertz CT molecular complexity index is 421. The summed E-state index contributed by atoms with van der Waals surface area (Å²) in [5.74, 6) is 0. The molecule has 0 bridgehead atoms. The van der Waals surface area contributed by atoms with Crippen LogP contribution in [0.4, 0.5) is 0 Å². The molecule has 1 aliphatic rings. The first kappa shape index (κ1) is 16.9. The number of thiazole rings is 1. The van der Waals surface area contributed by atoms with Crippen molar-refractivity contribution in [2.45, 2.75) is 51.6 Å². The van der Waals surface area contributed by atoms with Crippen LogP contribution in [-0.4, -0.2) is 49.3 Å². The van der Waals surface area contributed by atoms with E-state index in [0.29, 0.717) is 6.04 Å². The molecule has 1 N–H and O–H groups in total. The molecule has 0 aromatic carbocycles. The van der Waals surface area contributed by atoms with E-state index in [1.807, 2.05) is 0 Å². The summed E-state index contributed by atoms with van der Waals surface area (Å²) in [6, 6.07) is 0.629. The zero-order valence-corrected chi connectivity index (χ0v) is 14.6. The summed E-state index contributed by atoms with van der Waals surface area (Å²) >= 11 is 1.78. The fraction of sp³-hybridized carbons (Fsp3) is 0.812. The Morgan fingerprint density at radius 3 is 2.86 bits per heavy atom. The molecule has 0 saturated carbocycles. The second-order valence-electron chi connectivity index (χ2n) is 6.90. The van der Waals surface area contributed by atoms with E-state index in [0.717, 1.165) is 32.8 Å². The predicted molar refractivity (Wildman–Crippen MR) is 89.0 cm³/mol. The number of nitrogens with one attached hydrogen (secondary N) is 1. The van der Waals surface area contributed by atoms with Gasteiger partial charge in [-0.2, -0.15) is 0 Å². The van der Waals surface area contributed by atoms with Gasteiger partial charge in [0.25, 0.3) is 0 Å². The minimum atomic E-state index is 0.138. The van der Waals surface area contributed by atoms with Crippen LogP contribution in [0, 0.1) is 0 Å². The standard InChI is InChI=1S/C16H29N3OS/c1-16(2,3)14-12-21-15(18-14)11-19(8-9-20-4)10-13-6-5-7-17-13/h12-13,17H,5-11H2,1-4H3. The smallest absolute Gasteiger partial charge is 0.107 e. The Morgan fingerprint density at radius 1 is 1.48 bits per heavy atom. The summed E-state index contributed by atoms with van der Waals surface area (Å²) in [5.41, 5.74) is 1.34. The minimum absolute atomic E-state index is 0.138. The van der Waals surface area contributed by atoms with Crippen LogP contribution < -0.4 is 5.32 Å². The van der Waals surface area contributed by atoms with Crippen molar-refractivity contribution in [1.29, 1.82) is 0 Å². The van der Waals surface area contributed by atoms with Crippen LogP contribution in [0.2, 0.25) is 0 Å². The monoisotopic (exact) mass is 311 g/mol. The van der Waals surface area contributed by atoms with Crippen molar-refractivity contribution >= 4 is 11.3 Å². The van der Waals surface area contributed by atoms with Crippen LogP contribution in [0.5, 0.6) is 0 Å². The van der Waals surface area contributed by atoms with Crippen LogP contribution >= 0.6 is 11.3 Å². The van der Waals surface area contributed by atoms with Gasteiger partial charge in [0.1, 0.15) is 5.01 Å². The average molecular weight is 311 g/mol. The fourth-order valence-electron chi connectivity index (χ4n) is 2.60. The lowest BCUT2D eigenvalue weighted by Gasteiger charge is -2.24. The van der Waals surface area contributed by atoms with Crippen molar-refractivity contribution in [2.75, 3.05) is 33.4 Å². The molecule has 1 aliphatic heterocycles. The van der Waals surface area contributed by atoms with Crippen molar-refractivity contribution < 1.29 is 4.74 Å². The third kappa shape index (κ3) is 5.33. The fourth-order valence-corrected chi connectivity index (χ4v) is 3.66. The molecule has 2 rings (SSSR count). The summed E-state index contributed by atoms with van der Waals surface area (Å²) in [5, 5.41) is 7.00. The Kier molecular flexibility index (Phi) is 6.17. The molecular formula is C16H29N3OS. The molecule has 1 fully saturated rings. The highest BCUT2D eigenvalue weighted by molar-refractivity contribution is 7.09. The van der Waals surface area contributed by atoms with Gasteiger partial charge in [-0.05, 0) is 19.4 Å². The van der Waals surface area contributed by atoms with Gasteiger partial charge < -0.3 is 10.1 Å². The molecule has 1 saturated heterocycles. The lowest BCUT2D eigenvalue weighted by atomic mass is 9.93. The maximum Gasteiger partial charge on any atom is 0.107 e. The van der Waals surface area contributed by atoms with Crippen LogP contribution in [-0.2, 0) is 16.7 Å². The number of rotatable bonds is 7. The van der Waals surface area contributed by atoms with Crippen LogP contribution in [0.25, 0.3) is 0 Å². The number of hydrogen-bond donors (Lipinski definition) is 1. The van der Waals surface area contributed by atoms with Gasteiger partial charge in [0, 0.05) is 37.0 Å². The number of aromatic nitrogens is 1. The van der Waals surface area contributed by atoms with E-state index in [-0.39, 0.29) is 5.41 Å². The largest absolute Gasteiger partial charge is 0.383 e. The number of nitrogens with zero attached hydrogens (tertiary/aromatic N) is 2. The summed E-state index contributed by atoms with van der Waals surface area (Å²) in [6.45, 7) is 11.6. The molecule has 0 radical (unpaired) electrons. The first-order valence-corrected chi connectivity index (χ1v) is 8.76. The zero-order valence-electron chi connectivity index (χ0n) is 13.8. The van der Waals surface area contributed by atoms with E-state index in [9.17, 15) is 0 Å². The molecular weight excluding hydrogens is 282 g/mol. The van der Waals surface area contributed by atoms with E-state index in [1.165, 1.54) is 23.5 Å². The summed E-state index contributed by atoms with van der Waals surface area (Å²) in [4.78, 5) is 7.29. The first-order chi connectivity index (χ1) is 9.99. The average Bonchev–Trinajstić information content (AvgIpc) is 3.06. The molecule has 1 aromatic rings. The molecule has 4 nitrogen and oxygen atoms in total. The molecule has 120 valence electrons. The van der Waals surface area contributed by atoms with E-state index < -0.39 is 0 Å². The van der Waals surface area contributed by atoms with E-state index in [4.69, 9.17) is 9.72 Å². The lowest BCUT2D eigenvalue weighted by Crippen LogP contribution is -2.38. The highest BCUT2D eigenvalue weighted by Crippen LogP contribution is 2.24. The number of ether oxygens (including phenoxy) is 1. The first-order valence-electron chi connectivity index (χ1n) is 7.88. The maximum absolute atomic E-state index is 5.25. The molecule has 1 aromatic heterocycles. The third-order valence-electron chi connectivity index (χ3n) is 3.93. The van der Waals surface area contributed by atoms with Crippen molar-refractivity contribution in [3.05, 3.63) is 16.1 Å². The molecule has 1 atom stereocenters. The van der Waals surface area contributed by atoms with Gasteiger partial charge in [-0.1, -0.05) is 20.8 Å². The predicted octanol–water partition coefficient (Wildman–Crippen LogP) is 2.64. The van der Waals surface area contributed by atoms with E-state index in [1.54, 1.807) is 18.4 Å². The molecule has 21 heavy (non-hydrogen) atoms. The minimum Gasteiger partial charge on any atom is -0.383 e. The Hall–Kier alpha value is -0.490. The lowest BCUT2D eigenvalue weighted by molar-refractivity contribution is 0.138. The molecule has 0 amide bonds. The molecule has 0 spiro atoms. The van der Waals surface area contributed by atoms with Crippen molar-refractivity contribution in [3.63, 3.8) is 0 Å². The molecule has 1 unspecified atom stereocenters. The van der Waals surface area contributed by atoms with E-state index in [2.05, 4.69) is 36.4 Å². The summed E-state index contributed by atoms with van der Waals surface area (Å²) in [7, 11) is 1.77. The van der Waals surface area contributed by atoms with E-state index >= 15 is 0 Å². The highest BCUT2D eigenvalue weighted by Gasteiger charge is 2.21. The Morgan fingerprint density at radius 2 is 2.29 bits per heavy atom. The SMILES string of the molecule is COCCN(Cc1nc(C(C)(C)C)cs1)CC1CCCN1. The topological polar surface area (TPSA) is 37.4 Å². The van der Waals surface area contributed by atoms with Crippen molar-refractivity contribution in [3.8, 4) is 0 Å². The molecule has 0 aliphatic carbocycles. The van der Waals surface area contributed by atoms with Gasteiger partial charge in [-0.15, -0.1) is 11.3 Å². The normalized spacial score (nSPS) is 19.6. The highest BCUT2D eigenvalue weighted by atomic mass is 32.1. The number of methoxy groups -OCH3 is 1. The van der Waals surface area contributed by atoms with Gasteiger partial charge in [0.15, 0.2) is 0 Å². The van der Waals surface area contributed by atoms with Crippen molar-refractivity contribution in [2.24, 2.45) is 0 Å².